The molecule has 11 nitrogen and oxygen atoms in total. The third-order valence-electron chi connectivity index (χ3n) is 8.32. The first-order valence-electron chi connectivity index (χ1n) is 13.5. The van der Waals surface area contributed by atoms with Crippen LogP contribution in [0.25, 0.3) is 0 Å². The number of Topliss-reactive ketones (excluding diaryl/α,β-unsaturated/α-hetero) is 2. The monoisotopic (exact) mass is 558 g/mol. The largest absolute Gasteiger partial charge is 0.510 e. The van der Waals surface area contributed by atoms with Gasteiger partial charge in [-0.1, -0.05) is 20.8 Å². The van der Waals surface area contributed by atoms with Crippen molar-refractivity contribution in [3.8, 4) is 5.75 Å². The zero-order valence-electron chi connectivity index (χ0n) is 24.2. The van der Waals surface area contributed by atoms with E-state index >= 15 is 0 Å². The molecule has 0 heterocycles. The van der Waals surface area contributed by atoms with E-state index in [4.69, 9.17) is 5.73 Å². The second-order valence-corrected chi connectivity index (χ2v) is 12.9. The van der Waals surface area contributed by atoms with Crippen molar-refractivity contribution in [3.63, 3.8) is 0 Å². The Labute approximate surface area is 234 Å². The lowest BCUT2D eigenvalue weighted by molar-refractivity contribution is -0.148. The van der Waals surface area contributed by atoms with Crippen LogP contribution in [0.3, 0.4) is 0 Å². The third kappa shape index (κ3) is 4.59. The number of hydrogen-bond donors (Lipinski definition) is 7. The van der Waals surface area contributed by atoms with Gasteiger partial charge in [-0.15, -0.1) is 0 Å². The molecule has 0 spiro atoms. The molecule has 3 aliphatic rings. The smallest absolute Gasteiger partial charge is 0.205 e. The molecule has 40 heavy (non-hydrogen) atoms. The van der Waals surface area contributed by atoms with Crippen molar-refractivity contribution in [3.05, 3.63) is 45.4 Å². The van der Waals surface area contributed by atoms with Crippen LogP contribution in [0.1, 0.15) is 48.7 Å². The molecule has 11 heteroatoms. The summed E-state index contributed by atoms with van der Waals surface area (Å²) in [5, 5.41) is 59.0. The van der Waals surface area contributed by atoms with E-state index in [9.17, 15) is 35.1 Å². The molecule has 0 aliphatic heterocycles. The summed E-state index contributed by atoms with van der Waals surface area (Å²) in [6, 6.07) is 0.884. The van der Waals surface area contributed by atoms with Crippen LogP contribution in [0.5, 0.6) is 5.75 Å². The Morgan fingerprint density at radius 3 is 2.30 bits per heavy atom. The van der Waals surface area contributed by atoms with E-state index in [1.54, 1.807) is 19.0 Å². The van der Waals surface area contributed by atoms with Gasteiger partial charge in [0.25, 0.3) is 0 Å². The molecule has 8 N–H and O–H groups in total. The summed E-state index contributed by atoms with van der Waals surface area (Å²) in [5.74, 6) is -4.96. The van der Waals surface area contributed by atoms with Crippen LogP contribution in [-0.4, -0.2) is 94.6 Å². The highest BCUT2D eigenvalue weighted by atomic mass is 16.4. The molecular formula is C29H42N4O7. The molecule has 0 fully saturated rings. The number of hydrogen-bond acceptors (Lipinski definition) is 11. The van der Waals surface area contributed by atoms with Crippen molar-refractivity contribution in [2.45, 2.75) is 58.0 Å². The fraction of sp³-hybridized carbons (Fsp3) is 0.586. The number of aromatic hydroxyl groups is 1. The number of carbonyl (C=O) groups is 2. The lowest BCUT2D eigenvalue weighted by Crippen LogP contribution is -2.64. The quantitative estimate of drug-likeness (QED) is 0.249. The number of ketones is 2. The zero-order chi connectivity index (χ0) is 30.1. The Hall–Kier alpha value is -2.96. The Morgan fingerprint density at radius 2 is 1.77 bits per heavy atom. The molecule has 0 saturated carbocycles. The number of phenolic OH excluding ortho intramolecular Hbond substituents is 1. The number of anilines is 1. The highest BCUT2D eigenvalue weighted by Crippen LogP contribution is 2.53. The second kappa shape index (κ2) is 10.1. The van der Waals surface area contributed by atoms with E-state index in [0.29, 0.717) is 24.2 Å². The summed E-state index contributed by atoms with van der Waals surface area (Å²) in [4.78, 5) is 31.0. The standard InChI is InChI=1S/C29H42N4O7/c1-28(2,3)12-31-11-14-10-17(32(4)5)15-8-13-9-16-21(33(6)7)24(36)20(27(30)39)26(38)29(16,40)25(37)18(13)23(35)19(15)22(14)34/h10,13,16,21,27,31,34,36-37,39-40H,8-9,11-12,30H2,1-7H3/t13-,16-,21-,27?,29-/m0/s1. The molecule has 220 valence electrons. The van der Waals surface area contributed by atoms with Crippen molar-refractivity contribution < 1.29 is 35.1 Å². The number of benzene rings is 1. The number of nitrogens with zero attached hydrogens (tertiary/aromatic N) is 2. The van der Waals surface area contributed by atoms with E-state index in [2.05, 4.69) is 26.1 Å². The highest BCUT2D eigenvalue weighted by molar-refractivity contribution is 6.16. The van der Waals surface area contributed by atoms with Crippen LogP contribution in [0.4, 0.5) is 5.69 Å². The van der Waals surface area contributed by atoms with Gasteiger partial charge in [0.15, 0.2) is 11.4 Å². The molecule has 1 unspecified atom stereocenters. The van der Waals surface area contributed by atoms with Crippen molar-refractivity contribution in [1.29, 1.82) is 0 Å². The number of nitrogens with two attached hydrogens (primary N) is 1. The van der Waals surface area contributed by atoms with Gasteiger partial charge in [0.1, 0.15) is 23.5 Å². The molecule has 1 aromatic rings. The van der Waals surface area contributed by atoms with E-state index < -0.39 is 58.4 Å². The van der Waals surface area contributed by atoms with Crippen LogP contribution < -0.4 is 16.0 Å². The maximum atomic E-state index is 14.1. The summed E-state index contributed by atoms with van der Waals surface area (Å²) in [5.41, 5.74) is 4.12. The van der Waals surface area contributed by atoms with Gasteiger partial charge >= 0.3 is 0 Å². The molecule has 0 radical (unpaired) electrons. The van der Waals surface area contributed by atoms with Crippen molar-refractivity contribution in [2.24, 2.45) is 23.0 Å². The summed E-state index contributed by atoms with van der Waals surface area (Å²) in [7, 11) is 6.95. The normalized spacial score (nSPS) is 27.5. The second-order valence-electron chi connectivity index (χ2n) is 12.9. The Kier molecular flexibility index (Phi) is 7.61. The van der Waals surface area contributed by atoms with Gasteiger partial charge < -0.3 is 41.5 Å². The minimum absolute atomic E-state index is 0.00226. The molecular weight excluding hydrogens is 516 g/mol. The summed E-state index contributed by atoms with van der Waals surface area (Å²) < 4.78 is 0. The number of aliphatic hydroxyl groups excluding tert-OH is 3. The average molecular weight is 559 g/mol. The summed E-state index contributed by atoms with van der Waals surface area (Å²) >= 11 is 0. The van der Waals surface area contributed by atoms with Crippen LogP contribution in [0.15, 0.2) is 28.7 Å². The number of likely N-dealkylation sites (N-methyl/N-ethyl adjacent to an activating group) is 1. The average Bonchev–Trinajstić information content (AvgIpc) is 2.81. The predicted octanol–water partition coefficient (Wildman–Crippen LogP) is 1.11. The van der Waals surface area contributed by atoms with Gasteiger partial charge in [0.05, 0.1) is 17.2 Å². The number of nitrogens with one attached hydrogen (secondary N) is 1. The number of fused-ring (bicyclic) bond motifs is 3. The van der Waals surface area contributed by atoms with Gasteiger partial charge in [-0.3, -0.25) is 14.5 Å². The molecule has 0 amide bonds. The molecule has 1 aromatic carbocycles. The van der Waals surface area contributed by atoms with E-state index in [0.717, 1.165) is 5.69 Å². The van der Waals surface area contributed by atoms with Gasteiger partial charge in [0, 0.05) is 49.9 Å². The Bertz CT molecular complexity index is 1310. The molecule has 0 saturated heterocycles. The van der Waals surface area contributed by atoms with Crippen LogP contribution in [0.2, 0.25) is 0 Å². The third-order valence-corrected chi connectivity index (χ3v) is 8.32. The SMILES string of the molecule is CN(C)c1cc(CNCC(C)(C)C)c(O)c2c1C[C@H]1C[C@H]3[C@H](N(C)C)C(O)=C(C(N)O)C(=O)[C@@]3(O)C(O)=C1C2=O. The van der Waals surface area contributed by atoms with Gasteiger partial charge in [-0.2, -0.15) is 0 Å². The molecule has 5 atom stereocenters. The van der Waals surface area contributed by atoms with E-state index in [1.807, 2.05) is 25.1 Å². The fourth-order valence-corrected chi connectivity index (χ4v) is 6.53. The number of phenols is 1. The molecule has 0 aromatic heterocycles. The number of allylic oxidation sites excluding steroid dienone is 1. The van der Waals surface area contributed by atoms with E-state index in [1.165, 1.54) is 0 Å². The Morgan fingerprint density at radius 1 is 1.15 bits per heavy atom. The predicted molar refractivity (Wildman–Crippen MR) is 150 cm³/mol. The van der Waals surface area contributed by atoms with Crippen molar-refractivity contribution in [1.82, 2.24) is 10.2 Å². The Balaban J connectivity index is 1.89. The van der Waals surface area contributed by atoms with Crippen LogP contribution in [0, 0.1) is 17.3 Å². The zero-order valence-corrected chi connectivity index (χ0v) is 24.2. The van der Waals surface area contributed by atoms with Crippen molar-refractivity contribution in [2.75, 3.05) is 39.6 Å². The number of aliphatic hydroxyl groups is 4. The molecule has 3 aliphatic carbocycles. The first-order valence-corrected chi connectivity index (χ1v) is 13.5. The molecule has 0 bridgehead atoms. The number of rotatable bonds is 6. The first-order chi connectivity index (χ1) is 18.4. The van der Waals surface area contributed by atoms with Crippen LogP contribution >= 0.6 is 0 Å². The lowest BCUT2D eigenvalue weighted by atomic mass is 9.58. The van der Waals surface area contributed by atoms with Crippen molar-refractivity contribution >= 4 is 17.3 Å². The summed E-state index contributed by atoms with van der Waals surface area (Å²) in [6.07, 6.45) is -1.57. The number of carbonyl (C=O) groups excluding carboxylic acids is 2. The maximum Gasteiger partial charge on any atom is 0.205 e. The van der Waals surface area contributed by atoms with Gasteiger partial charge in [0.2, 0.25) is 5.78 Å². The summed E-state index contributed by atoms with van der Waals surface area (Å²) in [6.45, 7) is 7.21. The lowest BCUT2D eigenvalue weighted by Gasteiger charge is -2.50. The minimum Gasteiger partial charge on any atom is -0.510 e. The highest BCUT2D eigenvalue weighted by Gasteiger charge is 2.63. The van der Waals surface area contributed by atoms with Gasteiger partial charge in [-0.05, 0) is 49.9 Å². The van der Waals surface area contributed by atoms with Crippen LogP contribution in [-0.2, 0) is 17.8 Å². The minimum atomic E-state index is -2.60. The topological polar surface area (TPSA) is 180 Å². The fourth-order valence-electron chi connectivity index (χ4n) is 6.53. The first kappa shape index (κ1) is 30.0. The van der Waals surface area contributed by atoms with Gasteiger partial charge in [-0.25, -0.2) is 0 Å². The van der Waals surface area contributed by atoms with E-state index in [-0.39, 0.29) is 35.1 Å². The molecule has 4 rings (SSSR count). The maximum absolute atomic E-state index is 14.1.